The Balaban J connectivity index is 1.46. The monoisotopic (exact) mass is 480 g/mol. The minimum absolute atomic E-state index is 0.00355. The fourth-order valence-electron chi connectivity index (χ4n) is 3.31. The van der Waals surface area contributed by atoms with Gasteiger partial charge in [0.2, 0.25) is 5.82 Å². The molecule has 0 fully saturated rings. The number of aliphatic hydroxyl groups excluding tert-OH is 1. The summed E-state index contributed by atoms with van der Waals surface area (Å²) < 4.78 is 44.8. The first-order valence-electron chi connectivity index (χ1n) is 10.4. The molecule has 0 bridgehead atoms. The zero-order valence-electron chi connectivity index (χ0n) is 18.3. The maximum atomic E-state index is 15.6. The molecule has 4 aromatic heterocycles. The highest BCUT2D eigenvalue weighted by molar-refractivity contribution is 5.57. The predicted molar refractivity (Wildman–Crippen MR) is 117 cm³/mol. The molecule has 1 aromatic carbocycles. The Hall–Kier alpha value is -4.52. The van der Waals surface area contributed by atoms with Crippen LogP contribution in [0.3, 0.4) is 0 Å². The van der Waals surface area contributed by atoms with Crippen molar-refractivity contribution in [2.24, 2.45) is 7.05 Å². The van der Waals surface area contributed by atoms with Gasteiger partial charge in [0.15, 0.2) is 23.1 Å². The molecule has 11 nitrogen and oxygen atoms in total. The van der Waals surface area contributed by atoms with E-state index in [1.807, 2.05) is 0 Å². The zero-order chi connectivity index (χ0) is 24.4. The third-order valence-electron chi connectivity index (χ3n) is 4.91. The van der Waals surface area contributed by atoms with E-state index >= 15 is 8.78 Å². The van der Waals surface area contributed by atoms with E-state index in [-0.39, 0.29) is 36.1 Å². The number of ether oxygens (including phenoxy) is 2. The van der Waals surface area contributed by atoms with Crippen LogP contribution >= 0.6 is 0 Å². The van der Waals surface area contributed by atoms with Crippen LogP contribution in [0.5, 0.6) is 17.2 Å². The highest BCUT2D eigenvalue weighted by Crippen LogP contribution is 2.36. The number of alkyl halides is 2. The predicted octanol–water partition coefficient (Wildman–Crippen LogP) is 2.62. The Morgan fingerprint density at radius 2 is 1.74 bits per heavy atom. The van der Waals surface area contributed by atoms with Crippen LogP contribution in [0.15, 0.2) is 61.4 Å². The summed E-state index contributed by atoms with van der Waals surface area (Å²) in [5, 5.41) is 20.3. The van der Waals surface area contributed by atoms with Gasteiger partial charge >= 0.3 is 5.92 Å². The van der Waals surface area contributed by atoms with E-state index in [4.69, 9.17) is 14.6 Å². The Labute approximate surface area is 196 Å². The number of fused-ring (bicyclic) bond motifs is 1. The zero-order valence-corrected chi connectivity index (χ0v) is 18.3. The normalized spacial score (nSPS) is 11.7. The summed E-state index contributed by atoms with van der Waals surface area (Å²) in [6.45, 7) is -0.0522. The number of aromatic nitrogens is 8. The lowest BCUT2D eigenvalue weighted by Gasteiger charge is -2.16. The van der Waals surface area contributed by atoms with Crippen molar-refractivity contribution < 1.29 is 23.4 Å². The highest BCUT2D eigenvalue weighted by atomic mass is 19.3. The maximum absolute atomic E-state index is 15.6. The Kier molecular flexibility index (Phi) is 5.74. The first-order valence-corrected chi connectivity index (χ1v) is 10.4. The molecule has 13 heteroatoms. The molecule has 0 aliphatic heterocycles. The van der Waals surface area contributed by atoms with Crippen LogP contribution in [0.2, 0.25) is 0 Å². The quantitative estimate of drug-likeness (QED) is 0.357. The summed E-state index contributed by atoms with van der Waals surface area (Å²) >= 11 is 0. The second-order valence-corrected chi connectivity index (χ2v) is 7.40. The van der Waals surface area contributed by atoms with Gasteiger partial charge in [-0.25, -0.2) is 15.0 Å². The van der Waals surface area contributed by atoms with Crippen molar-refractivity contribution in [3.63, 3.8) is 0 Å². The minimum Gasteiger partial charge on any atom is -0.488 e. The van der Waals surface area contributed by atoms with E-state index in [2.05, 4.69) is 30.2 Å². The van der Waals surface area contributed by atoms with Crippen LogP contribution in [0, 0.1) is 0 Å². The molecule has 0 saturated carbocycles. The molecule has 0 aliphatic carbocycles. The van der Waals surface area contributed by atoms with Gasteiger partial charge in [0.05, 0.1) is 43.8 Å². The third kappa shape index (κ3) is 4.48. The van der Waals surface area contributed by atoms with E-state index in [0.717, 1.165) is 4.40 Å². The van der Waals surface area contributed by atoms with Crippen LogP contribution in [0.1, 0.15) is 11.4 Å². The summed E-state index contributed by atoms with van der Waals surface area (Å²) in [6.07, 6.45) is 8.64. The van der Waals surface area contributed by atoms with E-state index in [9.17, 15) is 0 Å². The summed E-state index contributed by atoms with van der Waals surface area (Å²) in [7, 11) is 1.73. The second-order valence-electron chi connectivity index (χ2n) is 7.40. The molecular formula is C22H18F2N8O3. The largest absolute Gasteiger partial charge is 0.488 e. The molecule has 0 amide bonds. The SMILES string of the molecule is Cn1cc(Oc2cnc3nnc(C(F)(F)c4cccc(-c5ncc(OCCO)cn5)c4)n3c2)cn1. The van der Waals surface area contributed by atoms with Crippen molar-refractivity contribution in [2.45, 2.75) is 5.92 Å². The van der Waals surface area contributed by atoms with Gasteiger partial charge in [-0.3, -0.25) is 9.08 Å². The summed E-state index contributed by atoms with van der Waals surface area (Å²) in [5.41, 5.74) is 0.0514. The van der Waals surface area contributed by atoms with Crippen molar-refractivity contribution in [2.75, 3.05) is 13.2 Å². The molecule has 0 atom stereocenters. The van der Waals surface area contributed by atoms with Crippen LogP contribution < -0.4 is 9.47 Å². The minimum atomic E-state index is -3.52. The first kappa shape index (κ1) is 22.3. The molecule has 0 saturated heterocycles. The number of benzene rings is 1. The van der Waals surface area contributed by atoms with Crippen LogP contribution in [0.25, 0.3) is 17.2 Å². The van der Waals surface area contributed by atoms with Crippen molar-refractivity contribution in [1.29, 1.82) is 0 Å². The second kappa shape index (κ2) is 9.02. The molecule has 0 spiro atoms. The summed E-state index contributed by atoms with van der Waals surface area (Å²) in [4.78, 5) is 12.4. The van der Waals surface area contributed by atoms with Crippen LogP contribution in [-0.4, -0.2) is 57.7 Å². The lowest BCUT2D eigenvalue weighted by Crippen LogP contribution is -2.19. The fraction of sp³-hybridized carbons (Fsp3) is 0.182. The average molecular weight is 480 g/mol. The van der Waals surface area contributed by atoms with Gasteiger partial charge in [0, 0.05) is 18.2 Å². The Morgan fingerprint density at radius 1 is 0.971 bits per heavy atom. The van der Waals surface area contributed by atoms with Crippen molar-refractivity contribution >= 4 is 5.78 Å². The molecule has 4 heterocycles. The van der Waals surface area contributed by atoms with Crippen molar-refractivity contribution in [3.8, 4) is 28.6 Å². The van der Waals surface area contributed by atoms with E-state index in [1.54, 1.807) is 24.0 Å². The molecule has 1 N–H and O–H groups in total. The van der Waals surface area contributed by atoms with Gasteiger partial charge in [0.1, 0.15) is 6.61 Å². The van der Waals surface area contributed by atoms with Gasteiger partial charge in [-0.1, -0.05) is 18.2 Å². The first-order chi connectivity index (χ1) is 16.9. The number of nitrogens with zero attached hydrogens (tertiary/aromatic N) is 8. The summed E-state index contributed by atoms with van der Waals surface area (Å²) in [5.74, 6) is -2.91. The van der Waals surface area contributed by atoms with Gasteiger partial charge in [0.25, 0.3) is 5.78 Å². The van der Waals surface area contributed by atoms with E-state index < -0.39 is 11.7 Å². The number of hydrogen-bond acceptors (Lipinski definition) is 9. The topological polar surface area (TPSA) is 125 Å². The van der Waals surface area contributed by atoms with E-state index in [0.29, 0.717) is 17.1 Å². The molecule has 178 valence electrons. The van der Waals surface area contributed by atoms with Crippen molar-refractivity contribution in [3.05, 3.63) is 72.8 Å². The van der Waals surface area contributed by atoms with Gasteiger partial charge in [-0.2, -0.15) is 13.9 Å². The van der Waals surface area contributed by atoms with Crippen molar-refractivity contribution in [1.82, 2.24) is 39.3 Å². The molecule has 0 radical (unpaired) electrons. The third-order valence-corrected chi connectivity index (χ3v) is 4.91. The molecule has 0 unspecified atom stereocenters. The summed E-state index contributed by atoms with van der Waals surface area (Å²) in [6, 6.07) is 5.67. The number of halogens is 2. The standard InChI is InChI=1S/C22H18F2N8O3/c1-31-12-18(11-28-31)35-17-10-27-21-30-29-20(32(21)13-17)22(23,24)15-4-2-3-14(7-15)19-25-8-16(9-26-19)34-6-5-33/h2-4,7-13,33H,5-6H2,1H3. The van der Waals surface area contributed by atoms with Crippen LogP contribution in [0.4, 0.5) is 8.78 Å². The fourth-order valence-corrected chi connectivity index (χ4v) is 3.31. The molecule has 5 rings (SSSR count). The van der Waals surface area contributed by atoms with Crippen LogP contribution in [-0.2, 0) is 13.0 Å². The van der Waals surface area contributed by atoms with Gasteiger partial charge < -0.3 is 14.6 Å². The number of aliphatic hydroxyl groups is 1. The number of hydrogen-bond donors (Lipinski definition) is 1. The average Bonchev–Trinajstić information content (AvgIpc) is 3.49. The molecule has 35 heavy (non-hydrogen) atoms. The molecular weight excluding hydrogens is 462 g/mol. The molecule has 5 aromatic rings. The number of rotatable bonds is 8. The molecule has 0 aliphatic rings. The smallest absolute Gasteiger partial charge is 0.332 e. The van der Waals surface area contributed by atoms with E-state index in [1.165, 1.54) is 49.2 Å². The van der Waals surface area contributed by atoms with Gasteiger partial charge in [-0.15, -0.1) is 10.2 Å². The number of aryl methyl sites for hydroxylation is 1. The lowest BCUT2D eigenvalue weighted by molar-refractivity contribution is 0.0317. The maximum Gasteiger partial charge on any atom is 0.332 e. The Morgan fingerprint density at radius 3 is 2.49 bits per heavy atom. The highest BCUT2D eigenvalue weighted by Gasteiger charge is 2.40. The lowest BCUT2D eigenvalue weighted by atomic mass is 10.0. The van der Waals surface area contributed by atoms with Gasteiger partial charge in [-0.05, 0) is 6.07 Å². The Bertz CT molecular complexity index is 1470.